The Morgan fingerprint density at radius 1 is 1.39 bits per heavy atom. The Morgan fingerprint density at radius 3 is 2.71 bits per heavy atom. The second kappa shape index (κ2) is 9.26. The predicted molar refractivity (Wildman–Crippen MR) is 104 cm³/mol. The fraction of sp³-hybridized carbons (Fsp3) is 0.667. The quantitative estimate of drug-likeness (QED) is 0.359. The SMILES string of the molecule is CC(=O)[C@@H](C)CC(=O)[C@H](N)CO[C@@H](C)[C@H](O)[C@H]1CNc2nc(N)[nH]c(=O)c2C1. The van der Waals surface area contributed by atoms with Crippen LogP contribution < -0.4 is 22.3 Å². The minimum Gasteiger partial charge on any atom is -0.390 e. The molecule has 7 N–H and O–H groups in total. The van der Waals surface area contributed by atoms with Crippen molar-refractivity contribution < 1.29 is 19.4 Å². The number of fused-ring (bicyclic) bond motifs is 1. The summed E-state index contributed by atoms with van der Waals surface area (Å²) in [5, 5.41) is 13.6. The number of carbonyl (C=O) groups is 2. The molecule has 0 saturated carbocycles. The molecule has 0 amide bonds. The van der Waals surface area contributed by atoms with Gasteiger partial charge in [-0.15, -0.1) is 0 Å². The van der Waals surface area contributed by atoms with Gasteiger partial charge in [0.05, 0.1) is 30.4 Å². The summed E-state index contributed by atoms with van der Waals surface area (Å²) in [6.45, 7) is 5.14. The Kier molecular flexibility index (Phi) is 7.28. The maximum Gasteiger partial charge on any atom is 0.257 e. The molecular weight excluding hydrogens is 366 g/mol. The zero-order valence-electron chi connectivity index (χ0n) is 16.4. The Balaban J connectivity index is 1.89. The highest BCUT2D eigenvalue weighted by molar-refractivity contribution is 5.89. The number of anilines is 2. The topological polar surface area (TPSA) is 173 Å². The third kappa shape index (κ3) is 5.37. The monoisotopic (exact) mass is 395 g/mol. The van der Waals surface area contributed by atoms with Crippen LogP contribution in [0.1, 0.15) is 32.8 Å². The number of aromatic nitrogens is 2. The second-order valence-corrected chi connectivity index (χ2v) is 7.44. The van der Waals surface area contributed by atoms with Crippen molar-refractivity contribution in [3.63, 3.8) is 0 Å². The van der Waals surface area contributed by atoms with Crippen LogP contribution in [0.4, 0.5) is 11.8 Å². The normalized spacial score (nSPS) is 20.4. The Bertz CT molecular complexity index is 780. The zero-order valence-corrected chi connectivity index (χ0v) is 16.4. The molecule has 0 fully saturated rings. The molecule has 0 spiro atoms. The van der Waals surface area contributed by atoms with Crippen molar-refractivity contribution in [3.8, 4) is 0 Å². The first-order valence-electron chi connectivity index (χ1n) is 9.31. The molecule has 5 atom stereocenters. The van der Waals surface area contributed by atoms with E-state index in [1.807, 2.05) is 0 Å². The molecule has 1 aliphatic rings. The number of carbonyl (C=O) groups excluding carboxylic acids is 2. The van der Waals surface area contributed by atoms with Crippen LogP contribution >= 0.6 is 0 Å². The molecule has 0 radical (unpaired) electrons. The number of nitrogens with one attached hydrogen (secondary N) is 2. The highest BCUT2D eigenvalue weighted by Gasteiger charge is 2.32. The molecule has 0 aromatic carbocycles. The molecule has 10 nitrogen and oxygen atoms in total. The molecular formula is C18H29N5O5. The second-order valence-electron chi connectivity index (χ2n) is 7.44. The third-order valence-electron chi connectivity index (χ3n) is 5.15. The van der Waals surface area contributed by atoms with E-state index in [9.17, 15) is 19.5 Å². The van der Waals surface area contributed by atoms with E-state index in [4.69, 9.17) is 16.2 Å². The summed E-state index contributed by atoms with van der Waals surface area (Å²) >= 11 is 0. The third-order valence-corrected chi connectivity index (χ3v) is 5.15. The Morgan fingerprint density at radius 2 is 2.07 bits per heavy atom. The van der Waals surface area contributed by atoms with Gasteiger partial charge in [0.25, 0.3) is 5.56 Å². The standard InChI is InChI=1S/C18H29N5O5/c1-8(9(2)24)4-14(25)13(19)7-28-10(3)15(26)11-5-12-16(21-6-11)22-18(20)23-17(12)27/h8,10-11,13,15,26H,4-7,19H2,1-3H3,(H4,20,21,22,23,27)/t8-,10-,11+,13+,15-/m0/s1. The van der Waals surface area contributed by atoms with Gasteiger partial charge in [-0.25, -0.2) is 0 Å². The van der Waals surface area contributed by atoms with Crippen LogP contribution in [0.25, 0.3) is 0 Å². The minimum absolute atomic E-state index is 0.0321. The lowest BCUT2D eigenvalue weighted by Crippen LogP contribution is -2.44. The highest BCUT2D eigenvalue weighted by atomic mass is 16.5. The summed E-state index contributed by atoms with van der Waals surface area (Å²) in [7, 11) is 0. The van der Waals surface area contributed by atoms with Gasteiger partial charge in [-0.05, 0) is 20.3 Å². The largest absolute Gasteiger partial charge is 0.390 e. The summed E-state index contributed by atoms with van der Waals surface area (Å²) in [5.74, 6) is -0.529. The molecule has 156 valence electrons. The van der Waals surface area contributed by atoms with E-state index in [0.29, 0.717) is 24.3 Å². The van der Waals surface area contributed by atoms with Gasteiger partial charge in [0, 0.05) is 24.8 Å². The van der Waals surface area contributed by atoms with Gasteiger partial charge in [-0.1, -0.05) is 6.92 Å². The molecule has 2 heterocycles. The molecule has 10 heteroatoms. The van der Waals surface area contributed by atoms with Crippen LogP contribution in [-0.4, -0.2) is 58.0 Å². The number of nitrogens with zero attached hydrogens (tertiary/aromatic N) is 1. The number of ether oxygens (including phenoxy) is 1. The van der Waals surface area contributed by atoms with Gasteiger partial charge >= 0.3 is 0 Å². The summed E-state index contributed by atoms with van der Waals surface area (Å²) in [6, 6.07) is -0.864. The van der Waals surface area contributed by atoms with Gasteiger partial charge in [-0.3, -0.25) is 19.4 Å². The Labute approximate surface area is 163 Å². The number of aliphatic hydroxyl groups is 1. The molecule has 0 aliphatic carbocycles. The number of hydrogen-bond acceptors (Lipinski definition) is 9. The summed E-state index contributed by atoms with van der Waals surface area (Å²) in [5.41, 5.74) is 11.5. The number of rotatable bonds is 9. The number of H-pyrrole nitrogens is 1. The number of nitrogens with two attached hydrogens (primary N) is 2. The van der Waals surface area contributed by atoms with E-state index >= 15 is 0 Å². The molecule has 0 bridgehead atoms. The van der Waals surface area contributed by atoms with E-state index < -0.39 is 18.2 Å². The average Bonchev–Trinajstić information content (AvgIpc) is 2.64. The molecule has 28 heavy (non-hydrogen) atoms. The van der Waals surface area contributed by atoms with Gasteiger partial charge in [0.2, 0.25) is 5.95 Å². The molecule has 0 saturated heterocycles. The van der Waals surface area contributed by atoms with Crippen molar-refractivity contribution in [3.05, 3.63) is 15.9 Å². The van der Waals surface area contributed by atoms with E-state index in [0.717, 1.165) is 0 Å². The van der Waals surface area contributed by atoms with Crippen LogP contribution in [0.2, 0.25) is 0 Å². The lowest BCUT2D eigenvalue weighted by atomic mass is 9.89. The number of Topliss-reactive ketones (excluding diaryl/α,β-unsaturated/α-hetero) is 2. The summed E-state index contributed by atoms with van der Waals surface area (Å²) in [6.07, 6.45) is -1.09. The van der Waals surface area contributed by atoms with Crippen molar-refractivity contribution in [1.82, 2.24) is 9.97 Å². The van der Waals surface area contributed by atoms with Gasteiger partial charge in [0.1, 0.15) is 11.6 Å². The average molecular weight is 395 g/mol. The fourth-order valence-corrected chi connectivity index (χ4v) is 3.08. The maximum absolute atomic E-state index is 12.1. The molecule has 0 unspecified atom stereocenters. The first-order valence-corrected chi connectivity index (χ1v) is 9.31. The van der Waals surface area contributed by atoms with E-state index in [2.05, 4.69) is 15.3 Å². The molecule has 1 aromatic heterocycles. The highest BCUT2D eigenvalue weighted by Crippen LogP contribution is 2.24. The van der Waals surface area contributed by atoms with Gasteiger partial charge < -0.3 is 26.6 Å². The lowest BCUT2D eigenvalue weighted by molar-refractivity contribution is -0.128. The number of nitrogen functional groups attached to an aromatic ring is 1. The zero-order chi connectivity index (χ0) is 21.0. The van der Waals surface area contributed by atoms with E-state index in [1.165, 1.54) is 6.92 Å². The lowest BCUT2D eigenvalue weighted by Gasteiger charge is -2.32. The molecule has 1 aliphatic heterocycles. The van der Waals surface area contributed by atoms with Crippen LogP contribution in [0.3, 0.4) is 0 Å². The number of hydrogen-bond donors (Lipinski definition) is 5. The van der Waals surface area contributed by atoms with Crippen LogP contribution in [0.15, 0.2) is 4.79 Å². The summed E-state index contributed by atoms with van der Waals surface area (Å²) < 4.78 is 5.59. The van der Waals surface area contributed by atoms with Crippen LogP contribution in [0, 0.1) is 11.8 Å². The van der Waals surface area contributed by atoms with E-state index in [1.54, 1.807) is 13.8 Å². The van der Waals surface area contributed by atoms with Gasteiger partial charge in [-0.2, -0.15) is 4.98 Å². The fourth-order valence-electron chi connectivity index (χ4n) is 3.08. The minimum atomic E-state index is -0.879. The number of ketones is 2. The van der Waals surface area contributed by atoms with Gasteiger partial charge in [0.15, 0.2) is 5.78 Å². The van der Waals surface area contributed by atoms with Crippen molar-refractivity contribution in [2.24, 2.45) is 17.6 Å². The first kappa shape index (κ1) is 22.0. The predicted octanol–water partition coefficient (Wildman–Crippen LogP) is -0.786. The first-order chi connectivity index (χ1) is 13.1. The maximum atomic E-state index is 12.1. The summed E-state index contributed by atoms with van der Waals surface area (Å²) in [4.78, 5) is 41.9. The van der Waals surface area contributed by atoms with Crippen molar-refractivity contribution in [2.45, 2.75) is 51.9 Å². The molecule has 2 rings (SSSR count). The smallest absolute Gasteiger partial charge is 0.257 e. The van der Waals surface area contributed by atoms with Crippen molar-refractivity contribution in [2.75, 3.05) is 24.2 Å². The molecule has 1 aromatic rings. The van der Waals surface area contributed by atoms with Crippen LogP contribution in [-0.2, 0) is 20.7 Å². The van der Waals surface area contributed by atoms with Crippen molar-refractivity contribution in [1.29, 1.82) is 0 Å². The number of aromatic amines is 1. The Hall–Kier alpha value is -2.30. The van der Waals surface area contributed by atoms with E-state index in [-0.39, 0.29) is 47.9 Å². The number of aliphatic hydroxyl groups excluding tert-OH is 1. The van der Waals surface area contributed by atoms with Crippen molar-refractivity contribution >= 4 is 23.3 Å². The van der Waals surface area contributed by atoms with Crippen LogP contribution in [0.5, 0.6) is 0 Å².